The lowest BCUT2D eigenvalue weighted by Crippen LogP contribution is -1.93. The molecule has 0 spiro atoms. The second-order valence-corrected chi connectivity index (χ2v) is 4.77. The van der Waals surface area contributed by atoms with Gasteiger partial charge >= 0.3 is 0 Å². The van der Waals surface area contributed by atoms with Crippen LogP contribution in [-0.2, 0) is 0 Å². The van der Waals surface area contributed by atoms with Crippen molar-refractivity contribution in [3.8, 4) is 0 Å². The molecule has 0 saturated heterocycles. The van der Waals surface area contributed by atoms with Gasteiger partial charge in [-0.05, 0) is 29.7 Å². The van der Waals surface area contributed by atoms with Crippen LogP contribution in [0.15, 0.2) is 34.1 Å². The summed E-state index contributed by atoms with van der Waals surface area (Å²) in [6.07, 6.45) is 5.90. The lowest BCUT2D eigenvalue weighted by Gasteiger charge is -2.12. The summed E-state index contributed by atoms with van der Waals surface area (Å²) in [7, 11) is 0. The highest BCUT2D eigenvalue weighted by molar-refractivity contribution is 7.83. The second kappa shape index (κ2) is 2.58. The molecule has 3 rings (SSSR count). The van der Waals surface area contributed by atoms with Crippen LogP contribution in [0.2, 0.25) is 0 Å². The van der Waals surface area contributed by atoms with Crippen LogP contribution in [0.5, 0.6) is 0 Å². The maximum absolute atomic E-state index is 4.39. The van der Waals surface area contributed by atoms with Gasteiger partial charge in [0, 0.05) is 21.6 Å². The molecule has 2 aliphatic carbocycles. The van der Waals surface area contributed by atoms with E-state index in [1.807, 2.05) is 0 Å². The fraction of sp³-hybridized carbons (Fsp3) is 0.273. The third-order valence-corrected chi connectivity index (χ3v) is 3.98. The van der Waals surface area contributed by atoms with Crippen molar-refractivity contribution in [1.82, 2.24) is 0 Å². The highest BCUT2D eigenvalue weighted by atomic mass is 32.1. The van der Waals surface area contributed by atoms with Gasteiger partial charge in [0.15, 0.2) is 0 Å². The molecule has 0 N–H and O–H groups in total. The second-order valence-electron chi connectivity index (χ2n) is 3.80. The predicted molar refractivity (Wildman–Crippen MR) is 60.2 cm³/mol. The fourth-order valence-electron chi connectivity index (χ4n) is 2.41. The van der Waals surface area contributed by atoms with E-state index in [-0.39, 0.29) is 0 Å². The Hall–Kier alpha value is -0.340. The van der Waals surface area contributed by atoms with Crippen molar-refractivity contribution < 1.29 is 0 Å². The van der Waals surface area contributed by atoms with Gasteiger partial charge in [-0.15, -0.1) is 25.3 Å². The molecule has 2 heteroatoms. The Balaban J connectivity index is 2.25. The molecule has 0 heterocycles. The summed E-state index contributed by atoms with van der Waals surface area (Å²) in [5.41, 5.74) is 2.94. The molecule has 0 aliphatic heterocycles. The zero-order valence-corrected chi connectivity index (χ0v) is 8.85. The van der Waals surface area contributed by atoms with Gasteiger partial charge in [-0.25, -0.2) is 0 Å². The molecular formula is C11H10S2. The van der Waals surface area contributed by atoms with Crippen molar-refractivity contribution in [3.05, 3.63) is 35.4 Å². The molecular weight excluding hydrogens is 196 g/mol. The molecule has 0 aromatic heterocycles. The van der Waals surface area contributed by atoms with Crippen molar-refractivity contribution in [2.45, 2.75) is 28.0 Å². The van der Waals surface area contributed by atoms with Crippen LogP contribution < -0.4 is 0 Å². The number of hydrogen-bond donors (Lipinski definition) is 2. The molecule has 2 bridgehead atoms. The molecule has 2 unspecified atom stereocenters. The van der Waals surface area contributed by atoms with Crippen molar-refractivity contribution in [3.63, 3.8) is 0 Å². The molecule has 66 valence electrons. The number of thiol groups is 2. The maximum atomic E-state index is 4.39. The first-order valence-corrected chi connectivity index (χ1v) is 5.39. The zero-order valence-electron chi connectivity index (χ0n) is 7.07. The van der Waals surface area contributed by atoms with Gasteiger partial charge in [0.05, 0.1) is 0 Å². The summed E-state index contributed by atoms with van der Waals surface area (Å²) < 4.78 is 0. The Kier molecular flexibility index (Phi) is 1.59. The van der Waals surface area contributed by atoms with Gasteiger partial charge in [-0.3, -0.25) is 0 Å². The summed E-state index contributed by atoms with van der Waals surface area (Å²) in [5, 5.41) is 0. The van der Waals surface area contributed by atoms with E-state index in [2.05, 4.69) is 49.5 Å². The van der Waals surface area contributed by atoms with E-state index >= 15 is 0 Å². The van der Waals surface area contributed by atoms with Crippen molar-refractivity contribution in [2.75, 3.05) is 0 Å². The predicted octanol–water partition coefficient (Wildman–Crippen LogP) is 3.40. The van der Waals surface area contributed by atoms with Gasteiger partial charge in [-0.2, -0.15) is 0 Å². The van der Waals surface area contributed by atoms with E-state index in [0.717, 1.165) is 9.79 Å². The quantitative estimate of drug-likeness (QED) is 0.472. The summed E-state index contributed by atoms with van der Waals surface area (Å²) >= 11 is 8.78. The lowest BCUT2D eigenvalue weighted by atomic mass is 9.97. The smallest absolute Gasteiger partial charge is 0.0177 e. The first-order valence-electron chi connectivity index (χ1n) is 4.50. The largest absolute Gasteiger partial charge is 0.142 e. The minimum Gasteiger partial charge on any atom is -0.142 e. The normalized spacial score (nSPS) is 28.2. The number of benzene rings is 1. The maximum Gasteiger partial charge on any atom is 0.0177 e. The first-order chi connectivity index (χ1) is 6.25. The van der Waals surface area contributed by atoms with E-state index in [9.17, 15) is 0 Å². The van der Waals surface area contributed by atoms with Crippen molar-refractivity contribution in [2.24, 2.45) is 0 Å². The Labute approximate surface area is 88.9 Å². The van der Waals surface area contributed by atoms with Crippen LogP contribution in [-0.4, -0.2) is 0 Å². The highest BCUT2D eigenvalue weighted by Crippen LogP contribution is 2.49. The van der Waals surface area contributed by atoms with Gasteiger partial charge in [0.2, 0.25) is 0 Å². The number of hydrogen-bond acceptors (Lipinski definition) is 2. The van der Waals surface area contributed by atoms with E-state index < -0.39 is 0 Å². The third-order valence-electron chi connectivity index (χ3n) is 3.06. The Bertz CT molecular complexity index is 370. The molecule has 0 fully saturated rings. The Morgan fingerprint density at radius 3 is 1.85 bits per heavy atom. The van der Waals surface area contributed by atoms with E-state index in [1.54, 1.807) is 0 Å². The SMILES string of the molecule is Sc1cc2c(cc1S)C1C=CC2C1. The monoisotopic (exact) mass is 206 g/mol. The molecule has 0 amide bonds. The first kappa shape index (κ1) is 8.01. The average Bonchev–Trinajstić information content (AvgIpc) is 2.67. The van der Waals surface area contributed by atoms with Crippen molar-refractivity contribution >= 4 is 25.3 Å². The summed E-state index contributed by atoms with van der Waals surface area (Å²) in [6, 6.07) is 4.35. The van der Waals surface area contributed by atoms with Crippen LogP contribution in [0.4, 0.5) is 0 Å². The van der Waals surface area contributed by atoms with Crippen LogP contribution in [0, 0.1) is 0 Å². The van der Waals surface area contributed by atoms with E-state index in [0.29, 0.717) is 11.8 Å². The van der Waals surface area contributed by atoms with Crippen LogP contribution in [0.1, 0.15) is 29.4 Å². The zero-order chi connectivity index (χ0) is 9.00. The topological polar surface area (TPSA) is 0 Å². The van der Waals surface area contributed by atoms with Gasteiger partial charge in [-0.1, -0.05) is 12.2 Å². The number of allylic oxidation sites excluding steroid dienone is 2. The van der Waals surface area contributed by atoms with Crippen LogP contribution >= 0.6 is 25.3 Å². The summed E-state index contributed by atoms with van der Waals surface area (Å²) in [5.74, 6) is 1.31. The molecule has 0 saturated carbocycles. The summed E-state index contributed by atoms with van der Waals surface area (Å²) in [4.78, 5) is 2.01. The van der Waals surface area contributed by atoms with E-state index in [1.165, 1.54) is 17.5 Å². The van der Waals surface area contributed by atoms with Gasteiger partial charge in [0.1, 0.15) is 0 Å². The number of rotatable bonds is 0. The average molecular weight is 206 g/mol. The lowest BCUT2D eigenvalue weighted by molar-refractivity contribution is 0.804. The van der Waals surface area contributed by atoms with Crippen molar-refractivity contribution in [1.29, 1.82) is 0 Å². The highest BCUT2D eigenvalue weighted by Gasteiger charge is 2.32. The molecule has 1 aromatic rings. The minimum atomic E-state index is 0.653. The Morgan fingerprint density at radius 2 is 1.38 bits per heavy atom. The molecule has 0 radical (unpaired) electrons. The molecule has 13 heavy (non-hydrogen) atoms. The van der Waals surface area contributed by atoms with E-state index in [4.69, 9.17) is 0 Å². The molecule has 2 aliphatic rings. The van der Waals surface area contributed by atoms with Gasteiger partial charge < -0.3 is 0 Å². The Morgan fingerprint density at radius 1 is 0.923 bits per heavy atom. The fourth-order valence-corrected chi connectivity index (χ4v) is 2.82. The third kappa shape index (κ3) is 1.02. The van der Waals surface area contributed by atoms with Crippen LogP contribution in [0.25, 0.3) is 0 Å². The molecule has 0 nitrogen and oxygen atoms in total. The summed E-state index contributed by atoms with van der Waals surface area (Å²) in [6.45, 7) is 0. The van der Waals surface area contributed by atoms with Crippen LogP contribution in [0.3, 0.4) is 0 Å². The molecule has 1 aromatic carbocycles. The van der Waals surface area contributed by atoms with Gasteiger partial charge in [0.25, 0.3) is 0 Å². The number of fused-ring (bicyclic) bond motifs is 5. The minimum absolute atomic E-state index is 0.653. The standard InChI is InChI=1S/C11H10S2/c12-10-4-8-6-1-2-7(3-6)9(8)5-11(10)13/h1-2,4-7,12-13H,3H2. The molecule has 2 atom stereocenters.